The van der Waals surface area contributed by atoms with Gasteiger partial charge in [0, 0.05) is 4.88 Å². The van der Waals surface area contributed by atoms with E-state index in [4.69, 9.17) is 4.74 Å². The second kappa shape index (κ2) is 6.52. The molecular formula is C18H25N3O3S. The van der Waals surface area contributed by atoms with Crippen molar-refractivity contribution in [2.45, 2.75) is 66.5 Å². The van der Waals surface area contributed by atoms with Gasteiger partial charge in [-0.05, 0) is 50.0 Å². The number of rotatable bonds is 3. The predicted octanol–water partition coefficient (Wildman–Crippen LogP) is 2.96. The number of hydrogen-bond acceptors (Lipinski definition) is 6. The summed E-state index contributed by atoms with van der Waals surface area (Å²) in [6.45, 7) is 10.2. The van der Waals surface area contributed by atoms with E-state index in [-0.39, 0.29) is 23.6 Å². The van der Waals surface area contributed by atoms with Crippen LogP contribution in [0.3, 0.4) is 0 Å². The average molecular weight is 363 g/mol. The highest BCUT2D eigenvalue weighted by Crippen LogP contribution is 2.41. The molecule has 2 aromatic heterocycles. The Bertz CT molecular complexity index is 861. The number of aryl methyl sites for hydroxylation is 1. The van der Waals surface area contributed by atoms with Gasteiger partial charge in [-0.1, -0.05) is 26.0 Å². The predicted molar refractivity (Wildman–Crippen MR) is 97.9 cm³/mol. The van der Waals surface area contributed by atoms with Crippen LogP contribution in [0, 0.1) is 11.3 Å². The zero-order valence-electron chi connectivity index (χ0n) is 15.5. The molecular weight excluding hydrogens is 338 g/mol. The molecule has 1 atom stereocenters. The highest BCUT2D eigenvalue weighted by Gasteiger charge is 2.32. The van der Waals surface area contributed by atoms with E-state index >= 15 is 0 Å². The van der Waals surface area contributed by atoms with Gasteiger partial charge in [-0.3, -0.25) is 9.59 Å². The molecule has 0 fully saturated rings. The number of nitrogens with zero attached hydrogens (tertiary/aromatic N) is 3. The quantitative estimate of drug-likeness (QED) is 0.784. The monoisotopic (exact) mass is 363 g/mol. The number of aromatic nitrogens is 3. The summed E-state index contributed by atoms with van der Waals surface area (Å²) in [7, 11) is 0. The molecule has 136 valence electrons. The molecule has 7 heteroatoms. The summed E-state index contributed by atoms with van der Waals surface area (Å²) in [6.07, 6.45) is 2.71. The van der Waals surface area contributed by atoms with Crippen molar-refractivity contribution in [1.29, 1.82) is 0 Å². The van der Waals surface area contributed by atoms with Crippen LogP contribution in [0.25, 0.3) is 10.2 Å². The van der Waals surface area contributed by atoms with Crippen LogP contribution in [-0.4, -0.2) is 27.1 Å². The van der Waals surface area contributed by atoms with Crippen LogP contribution in [0.2, 0.25) is 0 Å². The second-order valence-corrected chi connectivity index (χ2v) is 9.16. The van der Waals surface area contributed by atoms with E-state index in [9.17, 15) is 9.59 Å². The van der Waals surface area contributed by atoms with E-state index in [1.54, 1.807) is 25.2 Å². The first-order valence-electron chi connectivity index (χ1n) is 8.74. The first-order chi connectivity index (χ1) is 11.7. The minimum atomic E-state index is -0.470. The second-order valence-electron chi connectivity index (χ2n) is 8.08. The maximum atomic E-state index is 12.8. The third-order valence-electron chi connectivity index (χ3n) is 4.81. The van der Waals surface area contributed by atoms with Crippen molar-refractivity contribution in [3.8, 4) is 0 Å². The minimum absolute atomic E-state index is 0.199. The fourth-order valence-electron chi connectivity index (χ4n) is 3.39. The highest BCUT2D eigenvalue weighted by molar-refractivity contribution is 7.18. The van der Waals surface area contributed by atoms with Gasteiger partial charge in [0.2, 0.25) is 0 Å². The maximum Gasteiger partial charge on any atom is 0.328 e. The molecule has 1 aliphatic rings. The number of thiophene rings is 1. The molecule has 2 heterocycles. The van der Waals surface area contributed by atoms with Gasteiger partial charge in [-0.15, -0.1) is 16.4 Å². The molecule has 3 rings (SSSR count). The molecule has 0 radical (unpaired) electrons. The molecule has 0 amide bonds. The van der Waals surface area contributed by atoms with Crippen molar-refractivity contribution in [3.63, 3.8) is 0 Å². The fourth-order valence-corrected chi connectivity index (χ4v) is 4.63. The Kier molecular flexibility index (Phi) is 4.70. The third-order valence-corrected chi connectivity index (χ3v) is 5.95. The van der Waals surface area contributed by atoms with Gasteiger partial charge in [-0.25, -0.2) is 0 Å². The van der Waals surface area contributed by atoms with Crippen LogP contribution in [0.5, 0.6) is 0 Å². The Labute approximate surface area is 151 Å². The van der Waals surface area contributed by atoms with Crippen LogP contribution < -0.4 is 5.56 Å². The van der Waals surface area contributed by atoms with Crippen LogP contribution in [0.1, 0.15) is 51.5 Å². The first-order valence-corrected chi connectivity index (χ1v) is 9.56. The van der Waals surface area contributed by atoms with Crippen LogP contribution in [0.4, 0.5) is 0 Å². The number of ether oxygens (including phenoxy) is 1. The van der Waals surface area contributed by atoms with Gasteiger partial charge in [0.05, 0.1) is 11.5 Å². The lowest BCUT2D eigenvalue weighted by atomic mass is 9.72. The number of esters is 1. The summed E-state index contributed by atoms with van der Waals surface area (Å²) in [5.41, 5.74) is 1.11. The van der Waals surface area contributed by atoms with Crippen molar-refractivity contribution < 1.29 is 9.53 Å². The minimum Gasteiger partial charge on any atom is -0.462 e. The molecule has 2 aromatic rings. The van der Waals surface area contributed by atoms with Crippen molar-refractivity contribution in [2.75, 3.05) is 0 Å². The molecule has 0 N–H and O–H groups in total. The Morgan fingerprint density at radius 1 is 1.40 bits per heavy atom. The van der Waals surface area contributed by atoms with Gasteiger partial charge in [0.1, 0.15) is 6.54 Å². The van der Waals surface area contributed by atoms with Gasteiger partial charge in [0.15, 0.2) is 4.83 Å². The van der Waals surface area contributed by atoms with Crippen LogP contribution >= 0.6 is 11.3 Å². The maximum absolute atomic E-state index is 12.8. The Hall–Kier alpha value is -1.76. The number of hydrogen-bond donors (Lipinski definition) is 0. The molecule has 6 nitrogen and oxygen atoms in total. The molecule has 0 aliphatic heterocycles. The summed E-state index contributed by atoms with van der Waals surface area (Å²) in [4.78, 5) is 26.6. The summed E-state index contributed by atoms with van der Waals surface area (Å²) in [6, 6.07) is 0. The van der Waals surface area contributed by atoms with Crippen molar-refractivity contribution in [3.05, 3.63) is 20.8 Å². The van der Waals surface area contributed by atoms with Crippen LogP contribution in [0.15, 0.2) is 4.79 Å². The van der Waals surface area contributed by atoms with E-state index in [2.05, 4.69) is 31.1 Å². The fraction of sp³-hybridized carbons (Fsp3) is 0.667. The SMILES string of the molecule is CC(C)OC(=O)Cn1nnc2sc3c(c2c1=O)CC[C@@H](C(C)(C)C)C3. The van der Waals surface area contributed by atoms with Gasteiger partial charge in [0.25, 0.3) is 5.56 Å². The third kappa shape index (κ3) is 3.61. The summed E-state index contributed by atoms with van der Waals surface area (Å²) in [5, 5.41) is 8.76. The summed E-state index contributed by atoms with van der Waals surface area (Å²) >= 11 is 1.57. The molecule has 25 heavy (non-hydrogen) atoms. The zero-order chi connectivity index (χ0) is 18.4. The largest absolute Gasteiger partial charge is 0.462 e. The highest BCUT2D eigenvalue weighted by atomic mass is 32.1. The lowest BCUT2D eigenvalue weighted by molar-refractivity contribution is -0.148. The summed E-state index contributed by atoms with van der Waals surface area (Å²) in [5.74, 6) is 0.131. The first kappa shape index (κ1) is 18.0. The zero-order valence-corrected chi connectivity index (χ0v) is 16.3. The summed E-state index contributed by atoms with van der Waals surface area (Å²) < 4.78 is 6.22. The average Bonchev–Trinajstić information content (AvgIpc) is 2.86. The Balaban J connectivity index is 1.95. The topological polar surface area (TPSA) is 74.1 Å². The van der Waals surface area contributed by atoms with E-state index in [0.717, 1.165) is 29.5 Å². The lowest BCUT2D eigenvalue weighted by Gasteiger charge is -2.33. The Morgan fingerprint density at radius 2 is 2.12 bits per heavy atom. The van der Waals surface area contributed by atoms with E-state index in [0.29, 0.717) is 16.1 Å². The van der Waals surface area contributed by atoms with Gasteiger partial charge in [-0.2, -0.15) is 4.68 Å². The molecule has 1 aliphatic carbocycles. The van der Waals surface area contributed by atoms with Crippen molar-refractivity contribution in [2.24, 2.45) is 11.3 Å². The standard InChI is InChI=1S/C18H25N3O3S/c1-10(2)24-14(22)9-21-17(23)15-12-7-6-11(18(3,4)5)8-13(12)25-16(15)19-20-21/h10-11H,6-9H2,1-5H3/t11-/m1/s1. The molecule has 0 saturated carbocycles. The van der Waals surface area contributed by atoms with Crippen LogP contribution in [-0.2, 0) is 28.9 Å². The molecule has 0 unspecified atom stereocenters. The number of fused-ring (bicyclic) bond motifs is 3. The normalized spacial score (nSPS) is 17.8. The van der Waals surface area contributed by atoms with Crippen molar-refractivity contribution in [1.82, 2.24) is 15.0 Å². The van der Waals surface area contributed by atoms with E-state index < -0.39 is 5.97 Å². The van der Waals surface area contributed by atoms with Crippen molar-refractivity contribution >= 4 is 27.5 Å². The number of carbonyl (C=O) groups excluding carboxylic acids is 1. The van der Waals surface area contributed by atoms with E-state index in [1.165, 1.54) is 4.88 Å². The molecule has 0 bridgehead atoms. The smallest absolute Gasteiger partial charge is 0.328 e. The Morgan fingerprint density at radius 3 is 2.76 bits per heavy atom. The molecule has 0 saturated heterocycles. The van der Waals surface area contributed by atoms with Gasteiger partial charge < -0.3 is 4.74 Å². The number of carbonyl (C=O) groups is 1. The molecule has 0 spiro atoms. The van der Waals surface area contributed by atoms with E-state index in [1.807, 2.05) is 0 Å². The molecule has 0 aromatic carbocycles. The lowest BCUT2D eigenvalue weighted by Crippen LogP contribution is -2.30. The van der Waals surface area contributed by atoms with Gasteiger partial charge >= 0.3 is 5.97 Å².